The number of methoxy groups -OCH3 is 2. The molecule has 2 aliphatic rings. The molecule has 4 rings (SSSR count). The van der Waals surface area contributed by atoms with E-state index in [0.29, 0.717) is 5.75 Å². The Morgan fingerprint density at radius 1 is 1.22 bits per heavy atom. The highest BCUT2D eigenvalue weighted by Gasteiger charge is 2.39. The lowest BCUT2D eigenvalue weighted by Crippen LogP contribution is -2.44. The van der Waals surface area contributed by atoms with E-state index in [1.807, 2.05) is 24.1 Å². The highest BCUT2D eigenvalue weighted by Crippen LogP contribution is 2.42. The molecule has 0 radical (unpaired) electrons. The second kappa shape index (κ2) is 5.01. The molecule has 0 aliphatic carbocycles. The smallest absolute Gasteiger partial charge is 0.257 e. The number of rotatable bonds is 2. The summed E-state index contributed by atoms with van der Waals surface area (Å²) < 4.78 is 12.6. The first-order valence-electron chi connectivity index (χ1n) is 7.70. The molecule has 6 nitrogen and oxygen atoms in total. The number of aromatic nitrogens is 2. The van der Waals surface area contributed by atoms with E-state index >= 15 is 0 Å². The molecule has 0 spiro atoms. The van der Waals surface area contributed by atoms with Crippen molar-refractivity contribution in [2.45, 2.75) is 18.9 Å². The number of carbonyl (C=O) groups excluding carboxylic acids is 1. The van der Waals surface area contributed by atoms with Crippen LogP contribution >= 0.6 is 0 Å². The van der Waals surface area contributed by atoms with E-state index < -0.39 is 0 Å². The number of hydrogen-bond acceptors (Lipinski definition) is 4. The van der Waals surface area contributed by atoms with Crippen molar-refractivity contribution < 1.29 is 14.3 Å². The summed E-state index contributed by atoms with van der Waals surface area (Å²) in [5.74, 6) is 1.52. The monoisotopic (exact) mass is 313 g/mol. The van der Waals surface area contributed by atoms with Gasteiger partial charge < -0.3 is 14.4 Å². The van der Waals surface area contributed by atoms with Gasteiger partial charge in [0, 0.05) is 20.0 Å². The maximum atomic E-state index is 12.8. The molecule has 3 heterocycles. The van der Waals surface area contributed by atoms with Gasteiger partial charge in [-0.05, 0) is 29.7 Å². The van der Waals surface area contributed by atoms with E-state index in [1.165, 1.54) is 5.56 Å². The number of benzene rings is 1. The molecule has 0 fully saturated rings. The Labute approximate surface area is 134 Å². The predicted octanol–water partition coefficient (Wildman–Crippen LogP) is 1.73. The van der Waals surface area contributed by atoms with Crippen LogP contribution in [0.5, 0.6) is 11.5 Å². The third-order valence-corrected chi connectivity index (χ3v) is 4.94. The van der Waals surface area contributed by atoms with E-state index in [-0.39, 0.29) is 11.9 Å². The van der Waals surface area contributed by atoms with Gasteiger partial charge in [0.25, 0.3) is 5.91 Å². The molecule has 0 unspecified atom stereocenters. The SMILES string of the molecule is COc1cc2c(cc1OC)[C@H]1Cc3c(cnn3C)C(=O)N1CC2. The molecule has 1 aromatic carbocycles. The van der Waals surface area contributed by atoms with Gasteiger partial charge in [-0.15, -0.1) is 0 Å². The number of ether oxygens (including phenoxy) is 2. The Bertz CT molecular complexity index is 797. The molecule has 0 bridgehead atoms. The van der Waals surface area contributed by atoms with Crippen molar-refractivity contribution in [3.8, 4) is 11.5 Å². The minimum Gasteiger partial charge on any atom is -0.493 e. The molecule has 0 saturated carbocycles. The average molecular weight is 313 g/mol. The van der Waals surface area contributed by atoms with Gasteiger partial charge in [0.2, 0.25) is 0 Å². The van der Waals surface area contributed by atoms with Crippen LogP contribution in [0.3, 0.4) is 0 Å². The molecule has 1 aromatic heterocycles. The number of hydrogen-bond donors (Lipinski definition) is 0. The van der Waals surface area contributed by atoms with Crippen molar-refractivity contribution in [1.82, 2.24) is 14.7 Å². The van der Waals surface area contributed by atoms with Gasteiger partial charge in [0.05, 0.1) is 37.7 Å². The topological polar surface area (TPSA) is 56.6 Å². The largest absolute Gasteiger partial charge is 0.493 e. The molecule has 2 aromatic rings. The Kier molecular flexibility index (Phi) is 3.07. The maximum absolute atomic E-state index is 12.8. The highest BCUT2D eigenvalue weighted by atomic mass is 16.5. The Morgan fingerprint density at radius 2 is 1.96 bits per heavy atom. The zero-order valence-corrected chi connectivity index (χ0v) is 13.5. The van der Waals surface area contributed by atoms with Crippen LogP contribution in [0, 0.1) is 0 Å². The Hall–Kier alpha value is -2.50. The molecule has 23 heavy (non-hydrogen) atoms. The van der Waals surface area contributed by atoms with Crippen LogP contribution in [0.4, 0.5) is 0 Å². The molecule has 2 aliphatic heterocycles. The second-order valence-electron chi connectivity index (χ2n) is 6.00. The second-order valence-corrected chi connectivity index (χ2v) is 6.00. The van der Waals surface area contributed by atoms with Crippen LogP contribution < -0.4 is 9.47 Å². The lowest BCUT2D eigenvalue weighted by atomic mass is 9.86. The number of fused-ring (bicyclic) bond motifs is 4. The van der Waals surface area contributed by atoms with Crippen LogP contribution in [0.1, 0.15) is 33.2 Å². The first-order chi connectivity index (χ1) is 11.1. The average Bonchev–Trinajstić information content (AvgIpc) is 2.95. The fourth-order valence-electron chi connectivity index (χ4n) is 3.71. The predicted molar refractivity (Wildman–Crippen MR) is 83.9 cm³/mol. The van der Waals surface area contributed by atoms with E-state index in [1.54, 1.807) is 25.1 Å². The van der Waals surface area contributed by atoms with Crippen LogP contribution in [0.25, 0.3) is 0 Å². The first kappa shape index (κ1) is 14.1. The zero-order valence-electron chi connectivity index (χ0n) is 13.5. The minimum atomic E-state index is 0.0361. The standard InChI is InChI=1S/C17H19N3O3/c1-19-13-8-14-11-7-16(23-3)15(22-2)6-10(11)4-5-20(14)17(21)12(13)9-18-19/h6-7,9,14H,4-5,8H2,1-3H3/t14-/m1/s1. The molecule has 120 valence electrons. The van der Waals surface area contributed by atoms with Crippen molar-refractivity contribution in [3.63, 3.8) is 0 Å². The van der Waals surface area contributed by atoms with Gasteiger partial charge in [-0.1, -0.05) is 0 Å². The summed E-state index contributed by atoms with van der Waals surface area (Å²) >= 11 is 0. The molecule has 1 amide bonds. The quantitative estimate of drug-likeness (QED) is 0.847. The summed E-state index contributed by atoms with van der Waals surface area (Å²) in [4.78, 5) is 14.7. The molecule has 0 saturated heterocycles. The van der Waals surface area contributed by atoms with Crippen LogP contribution in [-0.2, 0) is 19.9 Å². The van der Waals surface area contributed by atoms with Gasteiger partial charge in [0.15, 0.2) is 11.5 Å². The normalized spacial score (nSPS) is 19.0. The van der Waals surface area contributed by atoms with Crippen molar-refractivity contribution in [3.05, 3.63) is 40.7 Å². The molecule has 1 atom stereocenters. The lowest BCUT2D eigenvalue weighted by molar-refractivity contribution is 0.0628. The van der Waals surface area contributed by atoms with Gasteiger partial charge >= 0.3 is 0 Å². The molecule has 0 N–H and O–H groups in total. The van der Waals surface area contributed by atoms with Crippen molar-refractivity contribution in [1.29, 1.82) is 0 Å². The van der Waals surface area contributed by atoms with Gasteiger partial charge in [-0.2, -0.15) is 5.10 Å². The van der Waals surface area contributed by atoms with E-state index in [0.717, 1.165) is 42.0 Å². The van der Waals surface area contributed by atoms with Crippen LogP contribution in [0.15, 0.2) is 18.3 Å². The Morgan fingerprint density at radius 3 is 2.70 bits per heavy atom. The highest BCUT2D eigenvalue weighted by molar-refractivity contribution is 5.96. The van der Waals surface area contributed by atoms with Crippen molar-refractivity contribution in [2.24, 2.45) is 7.05 Å². The number of amides is 1. The zero-order chi connectivity index (χ0) is 16.1. The third kappa shape index (κ3) is 1.94. The summed E-state index contributed by atoms with van der Waals surface area (Å²) in [6, 6.07) is 4.09. The molecular weight excluding hydrogens is 294 g/mol. The summed E-state index contributed by atoms with van der Waals surface area (Å²) in [5, 5.41) is 4.25. The third-order valence-electron chi connectivity index (χ3n) is 4.94. The van der Waals surface area contributed by atoms with E-state index in [4.69, 9.17) is 9.47 Å². The number of nitrogens with zero attached hydrogens (tertiary/aromatic N) is 3. The fourth-order valence-corrected chi connectivity index (χ4v) is 3.71. The van der Waals surface area contributed by atoms with Crippen LogP contribution in [-0.4, -0.2) is 41.4 Å². The minimum absolute atomic E-state index is 0.0361. The van der Waals surface area contributed by atoms with Crippen molar-refractivity contribution >= 4 is 5.91 Å². The van der Waals surface area contributed by atoms with Crippen LogP contribution in [0.2, 0.25) is 0 Å². The first-order valence-corrected chi connectivity index (χ1v) is 7.70. The fraction of sp³-hybridized carbons (Fsp3) is 0.412. The maximum Gasteiger partial charge on any atom is 0.257 e. The Balaban J connectivity index is 1.84. The van der Waals surface area contributed by atoms with E-state index in [2.05, 4.69) is 5.10 Å². The van der Waals surface area contributed by atoms with Crippen molar-refractivity contribution in [2.75, 3.05) is 20.8 Å². The summed E-state index contributed by atoms with van der Waals surface area (Å²) in [7, 11) is 5.17. The number of aryl methyl sites for hydroxylation is 1. The van der Waals surface area contributed by atoms with Gasteiger partial charge in [-0.3, -0.25) is 9.48 Å². The van der Waals surface area contributed by atoms with E-state index in [9.17, 15) is 4.79 Å². The summed E-state index contributed by atoms with van der Waals surface area (Å²) in [6.07, 6.45) is 3.28. The molecule has 6 heteroatoms. The molecular formula is C17H19N3O3. The summed E-state index contributed by atoms with van der Waals surface area (Å²) in [5.41, 5.74) is 4.10. The van der Waals surface area contributed by atoms with Gasteiger partial charge in [-0.25, -0.2) is 0 Å². The summed E-state index contributed by atoms with van der Waals surface area (Å²) in [6.45, 7) is 0.723. The lowest BCUT2D eigenvalue weighted by Gasteiger charge is -2.40. The number of carbonyl (C=O) groups is 1. The van der Waals surface area contributed by atoms with Gasteiger partial charge in [0.1, 0.15) is 0 Å².